The molecule has 5 heteroatoms. The molecule has 1 saturated heterocycles. The summed E-state index contributed by atoms with van der Waals surface area (Å²) >= 11 is 0. The number of hydrogen-bond acceptors (Lipinski definition) is 5. The van der Waals surface area contributed by atoms with Gasteiger partial charge in [0.2, 0.25) is 0 Å². The molecule has 0 saturated carbocycles. The van der Waals surface area contributed by atoms with E-state index in [0.29, 0.717) is 5.57 Å². The van der Waals surface area contributed by atoms with Gasteiger partial charge < -0.3 is 15.5 Å². The topological polar surface area (TPSA) is 88.6 Å². The van der Waals surface area contributed by atoms with Crippen molar-refractivity contribution in [1.82, 2.24) is 5.32 Å². The molecule has 3 N–H and O–H groups in total. The first-order valence-corrected chi connectivity index (χ1v) is 7.54. The van der Waals surface area contributed by atoms with Gasteiger partial charge in [0.1, 0.15) is 6.07 Å². The van der Waals surface area contributed by atoms with Crippen molar-refractivity contribution >= 4 is 5.71 Å². The summed E-state index contributed by atoms with van der Waals surface area (Å²) in [5, 5.41) is 32.9. The molecule has 116 valence electrons. The summed E-state index contributed by atoms with van der Waals surface area (Å²) in [5.74, 6) is 0. The van der Waals surface area contributed by atoms with E-state index in [1.54, 1.807) is 27.7 Å². The van der Waals surface area contributed by atoms with Crippen molar-refractivity contribution in [1.29, 1.82) is 5.26 Å². The molecule has 2 atom stereocenters. The third-order valence-corrected chi connectivity index (χ3v) is 4.37. The summed E-state index contributed by atoms with van der Waals surface area (Å²) in [6.07, 6.45) is 3.05. The largest absolute Gasteiger partial charge is 0.388 e. The van der Waals surface area contributed by atoms with Gasteiger partial charge in [-0.05, 0) is 53.4 Å². The predicted molar refractivity (Wildman–Crippen MR) is 81.8 cm³/mol. The molecule has 0 aromatic rings. The minimum atomic E-state index is -0.855. The van der Waals surface area contributed by atoms with Gasteiger partial charge in [0, 0.05) is 5.70 Å². The van der Waals surface area contributed by atoms with Crippen molar-refractivity contribution in [2.45, 2.75) is 76.7 Å². The minimum absolute atomic E-state index is 0.0390. The molecule has 2 aliphatic heterocycles. The maximum absolute atomic E-state index is 10.1. The fraction of sp³-hybridized carbons (Fsp3) is 0.750. The predicted octanol–water partition coefficient (Wildman–Crippen LogP) is 1.66. The van der Waals surface area contributed by atoms with Crippen LogP contribution < -0.4 is 5.32 Å². The Morgan fingerprint density at radius 1 is 1.19 bits per heavy atom. The van der Waals surface area contributed by atoms with E-state index >= 15 is 0 Å². The number of nitrogens with zero attached hydrogens (tertiary/aromatic N) is 2. The number of nitriles is 1. The Balaban J connectivity index is 2.23. The molecule has 0 radical (unpaired) electrons. The van der Waals surface area contributed by atoms with Crippen LogP contribution >= 0.6 is 0 Å². The first kappa shape index (κ1) is 16.0. The molecular weight excluding hydrogens is 266 g/mol. The van der Waals surface area contributed by atoms with Crippen molar-refractivity contribution in [2.24, 2.45) is 4.99 Å². The standard InChI is InChI=1S/C16H25N3O2/c1-15(2,20)13-7-5-11(18-13)10(9-17)12-6-8-14(19-12)16(3,4)21/h13-14,18,20-21H,5-8H2,1-4H3/b11-10-/t13-,14-/m0/s1. The Bertz CT molecular complexity index is 515. The second kappa shape index (κ2) is 5.43. The highest BCUT2D eigenvalue weighted by Crippen LogP contribution is 2.30. The third kappa shape index (κ3) is 3.45. The van der Waals surface area contributed by atoms with Crippen LogP contribution in [0.3, 0.4) is 0 Å². The molecule has 0 aliphatic carbocycles. The third-order valence-electron chi connectivity index (χ3n) is 4.37. The number of allylic oxidation sites excluding steroid dienone is 2. The molecular formula is C16H25N3O2. The lowest BCUT2D eigenvalue weighted by atomic mass is 9.96. The van der Waals surface area contributed by atoms with Crippen LogP contribution in [0.15, 0.2) is 16.3 Å². The van der Waals surface area contributed by atoms with Crippen LogP contribution in [0.2, 0.25) is 0 Å². The lowest BCUT2D eigenvalue weighted by Gasteiger charge is -2.25. The van der Waals surface area contributed by atoms with Gasteiger partial charge in [-0.2, -0.15) is 5.26 Å². The Morgan fingerprint density at radius 2 is 1.86 bits per heavy atom. The highest BCUT2D eigenvalue weighted by Gasteiger charge is 2.35. The second-order valence-corrected chi connectivity index (χ2v) is 7.14. The monoisotopic (exact) mass is 291 g/mol. The van der Waals surface area contributed by atoms with Crippen molar-refractivity contribution in [3.8, 4) is 6.07 Å². The Hall–Kier alpha value is -1.38. The van der Waals surface area contributed by atoms with E-state index in [4.69, 9.17) is 0 Å². The van der Waals surface area contributed by atoms with Crippen LogP contribution in [-0.2, 0) is 0 Å². The molecule has 0 spiro atoms. The molecule has 2 heterocycles. The quantitative estimate of drug-likeness (QED) is 0.690. The average molecular weight is 291 g/mol. The fourth-order valence-electron chi connectivity index (χ4n) is 2.97. The molecule has 2 rings (SSSR count). The van der Waals surface area contributed by atoms with Gasteiger partial charge in [0.15, 0.2) is 0 Å². The molecule has 2 aliphatic rings. The summed E-state index contributed by atoms with van der Waals surface area (Å²) in [6.45, 7) is 7.05. The van der Waals surface area contributed by atoms with Crippen LogP contribution in [0.25, 0.3) is 0 Å². The smallest absolute Gasteiger partial charge is 0.103 e. The van der Waals surface area contributed by atoms with Gasteiger partial charge in [-0.25, -0.2) is 0 Å². The van der Waals surface area contributed by atoms with Gasteiger partial charge in [-0.1, -0.05) is 0 Å². The molecule has 0 aromatic heterocycles. The first-order chi connectivity index (χ1) is 9.63. The van der Waals surface area contributed by atoms with E-state index in [1.165, 1.54) is 0 Å². The van der Waals surface area contributed by atoms with E-state index in [1.807, 2.05) is 0 Å². The maximum Gasteiger partial charge on any atom is 0.103 e. The van der Waals surface area contributed by atoms with Crippen LogP contribution in [0.1, 0.15) is 53.4 Å². The summed E-state index contributed by atoms with van der Waals surface area (Å²) in [6, 6.07) is 2.06. The Morgan fingerprint density at radius 3 is 2.29 bits per heavy atom. The normalized spacial score (nSPS) is 28.9. The van der Waals surface area contributed by atoms with E-state index in [9.17, 15) is 15.5 Å². The molecule has 0 aromatic carbocycles. The molecule has 5 nitrogen and oxygen atoms in total. The highest BCUT2D eigenvalue weighted by atomic mass is 16.3. The van der Waals surface area contributed by atoms with Crippen LogP contribution in [0.5, 0.6) is 0 Å². The Kier molecular flexibility index (Phi) is 4.14. The van der Waals surface area contributed by atoms with Gasteiger partial charge in [0.05, 0.1) is 34.6 Å². The second-order valence-electron chi connectivity index (χ2n) is 7.14. The van der Waals surface area contributed by atoms with Crippen LogP contribution in [0, 0.1) is 11.3 Å². The van der Waals surface area contributed by atoms with Gasteiger partial charge in [-0.3, -0.25) is 4.99 Å². The van der Waals surface area contributed by atoms with Crippen LogP contribution in [0.4, 0.5) is 0 Å². The zero-order chi connectivity index (χ0) is 15.8. The van der Waals surface area contributed by atoms with Crippen molar-refractivity contribution in [2.75, 3.05) is 0 Å². The van der Waals surface area contributed by atoms with Crippen molar-refractivity contribution < 1.29 is 10.2 Å². The maximum atomic E-state index is 10.1. The molecule has 21 heavy (non-hydrogen) atoms. The fourth-order valence-corrected chi connectivity index (χ4v) is 2.97. The van der Waals surface area contributed by atoms with E-state index in [-0.39, 0.29) is 12.1 Å². The molecule has 0 bridgehead atoms. The lowest BCUT2D eigenvalue weighted by molar-refractivity contribution is 0.0459. The zero-order valence-corrected chi connectivity index (χ0v) is 13.3. The number of nitrogens with one attached hydrogen (secondary N) is 1. The average Bonchev–Trinajstić information content (AvgIpc) is 2.96. The molecule has 0 unspecified atom stereocenters. The van der Waals surface area contributed by atoms with E-state index in [2.05, 4.69) is 16.4 Å². The first-order valence-electron chi connectivity index (χ1n) is 7.54. The number of rotatable bonds is 3. The SMILES string of the molecule is CC(C)(O)[C@@H]1CCC(/C(C#N)=C2/CC[C@@H](C(C)(C)O)N2)=N1. The van der Waals surface area contributed by atoms with Gasteiger partial charge >= 0.3 is 0 Å². The number of aliphatic imine (C=N–C) groups is 1. The summed E-state index contributed by atoms with van der Waals surface area (Å²) < 4.78 is 0. The molecule has 0 amide bonds. The molecule has 1 fully saturated rings. The van der Waals surface area contributed by atoms with E-state index in [0.717, 1.165) is 37.1 Å². The highest BCUT2D eigenvalue weighted by molar-refractivity contribution is 6.05. The summed E-state index contributed by atoms with van der Waals surface area (Å²) in [7, 11) is 0. The summed E-state index contributed by atoms with van der Waals surface area (Å²) in [4.78, 5) is 4.55. The lowest BCUT2D eigenvalue weighted by Crippen LogP contribution is -2.42. The Labute approximate surface area is 126 Å². The van der Waals surface area contributed by atoms with Crippen LogP contribution in [-0.4, -0.2) is 39.2 Å². The number of hydrogen-bond donors (Lipinski definition) is 3. The van der Waals surface area contributed by atoms with Gasteiger partial charge in [-0.15, -0.1) is 0 Å². The minimum Gasteiger partial charge on any atom is -0.388 e. The van der Waals surface area contributed by atoms with Crippen molar-refractivity contribution in [3.63, 3.8) is 0 Å². The zero-order valence-electron chi connectivity index (χ0n) is 13.3. The number of aliphatic hydroxyl groups is 2. The van der Waals surface area contributed by atoms with Crippen molar-refractivity contribution in [3.05, 3.63) is 11.3 Å². The van der Waals surface area contributed by atoms with Gasteiger partial charge in [0.25, 0.3) is 0 Å². The summed E-state index contributed by atoms with van der Waals surface area (Å²) in [5.41, 5.74) is 0.581. The van der Waals surface area contributed by atoms with E-state index < -0.39 is 11.2 Å².